The van der Waals surface area contributed by atoms with E-state index in [2.05, 4.69) is 51.9 Å². The van der Waals surface area contributed by atoms with E-state index in [4.69, 9.17) is 21.1 Å². The molecule has 2 N–H and O–H groups in total. The summed E-state index contributed by atoms with van der Waals surface area (Å²) in [7, 11) is 0. The lowest BCUT2D eigenvalue weighted by atomic mass is 9.77. The van der Waals surface area contributed by atoms with Gasteiger partial charge < -0.3 is 19.7 Å². The first kappa shape index (κ1) is 32.9. The number of fused-ring (bicyclic) bond motifs is 1. The van der Waals surface area contributed by atoms with Gasteiger partial charge in [-0.3, -0.25) is 4.79 Å². The molecule has 1 saturated heterocycles. The van der Waals surface area contributed by atoms with Crippen LogP contribution in [0.1, 0.15) is 29.5 Å². The van der Waals surface area contributed by atoms with Crippen molar-refractivity contribution >= 4 is 40.3 Å². The van der Waals surface area contributed by atoms with Crippen LogP contribution in [0.3, 0.4) is 0 Å². The topological polar surface area (TPSA) is 126 Å². The lowest BCUT2D eigenvalue weighted by molar-refractivity contribution is -0.121. The van der Waals surface area contributed by atoms with Gasteiger partial charge in [-0.2, -0.15) is 5.10 Å². The fourth-order valence-corrected chi connectivity index (χ4v) is 7.53. The van der Waals surface area contributed by atoms with Crippen LogP contribution in [0.2, 0.25) is 5.02 Å². The number of carboxylic acid groups (broad SMARTS) is 1. The molecule has 0 saturated carbocycles. The number of amides is 2. The first-order valence-corrected chi connectivity index (χ1v) is 17.4. The first-order valence-electron chi connectivity index (χ1n) is 17.0. The average molecular weight is 709 g/mol. The second-order valence-electron chi connectivity index (χ2n) is 12.8. The van der Waals surface area contributed by atoms with Crippen molar-refractivity contribution in [1.29, 1.82) is 0 Å². The SMILES string of the molecule is O=C(Nc1nn(C(c2ccccc2)(c2ccccc2)c2ccccc2)c2ccc(-c3cc(-c4nnco4)ccc3Cl)cc12)[C@@H]1CCCN(C(=O)O)C1. The molecule has 8 rings (SSSR count). The Balaban J connectivity index is 1.37. The number of anilines is 1. The van der Waals surface area contributed by atoms with Crippen molar-refractivity contribution in [2.75, 3.05) is 18.4 Å². The summed E-state index contributed by atoms with van der Waals surface area (Å²) in [5.41, 5.74) is 4.93. The Kier molecular flexibility index (Phi) is 8.74. The number of carbonyl (C=O) groups excluding carboxylic acids is 1. The van der Waals surface area contributed by atoms with Crippen molar-refractivity contribution in [2.24, 2.45) is 5.92 Å². The molecule has 7 aromatic rings. The molecule has 2 aromatic heterocycles. The van der Waals surface area contributed by atoms with E-state index in [1.54, 1.807) is 6.07 Å². The third-order valence-corrected chi connectivity index (χ3v) is 10.1. The van der Waals surface area contributed by atoms with Crippen molar-refractivity contribution in [3.05, 3.63) is 156 Å². The summed E-state index contributed by atoms with van der Waals surface area (Å²) in [4.78, 5) is 27.1. The number of hydrogen-bond acceptors (Lipinski definition) is 6. The smallest absolute Gasteiger partial charge is 0.407 e. The number of carbonyl (C=O) groups is 2. The highest BCUT2D eigenvalue weighted by Gasteiger charge is 2.41. The minimum absolute atomic E-state index is 0.116. The van der Waals surface area contributed by atoms with E-state index >= 15 is 0 Å². The minimum Gasteiger partial charge on any atom is -0.465 e. The predicted octanol–water partition coefficient (Wildman–Crippen LogP) is 8.58. The van der Waals surface area contributed by atoms with Crippen LogP contribution in [-0.4, -0.2) is 55.1 Å². The van der Waals surface area contributed by atoms with E-state index in [1.165, 1.54) is 11.3 Å². The number of hydrogen-bond donors (Lipinski definition) is 2. The monoisotopic (exact) mass is 708 g/mol. The van der Waals surface area contributed by atoms with Crippen LogP contribution in [0.5, 0.6) is 0 Å². The maximum absolute atomic E-state index is 14.0. The van der Waals surface area contributed by atoms with Gasteiger partial charge in [-0.05, 0) is 65.4 Å². The quantitative estimate of drug-likeness (QED) is 0.152. The van der Waals surface area contributed by atoms with E-state index < -0.39 is 17.6 Å². The molecule has 258 valence electrons. The van der Waals surface area contributed by atoms with Crippen molar-refractivity contribution in [3.63, 3.8) is 0 Å². The van der Waals surface area contributed by atoms with Crippen LogP contribution < -0.4 is 5.32 Å². The lowest BCUT2D eigenvalue weighted by Gasteiger charge is -2.37. The fraction of sp³-hybridized carbons (Fsp3) is 0.146. The highest BCUT2D eigenvalue weighted by molar-refractivity contribution is 6.33. The molecule has 5 aromatic carbocycles. The Morgan fingerprint density at radius 3 is 2.06 bits per heavy atom. The zero-order valence-corrected chi connectivity index (χ0v) is 28.6. The summed E-state index contributed by atoms with van der Waals surface area (Å²) in [6.07, 6.45) is 1.41. The largest absolute Gasteiger partial charge is 0.465 e. The zero-order valence-electron chi connectivity index (χ0n) is 27.9. The molecule has 3 heterocycles. The van der Waals surface area contributed by atoms with Gasteiger partial charge in [0.15, 0.2) is 5.82 Å². The number of nitrogens with zero attached hydrogens (tertiary/aromatic N) is 5. The second kappa shape index (κ2) is 13.8. The number of rotatable bonds is 8. The highest BCUT2D eigenvalue weighted by Crippen LogP contribution is 2.44. The fourth-order valence-electron chi connectivity index (χ4n) is 7.30. The van der Waals surface area contributed by atoms with E-state index in [9.17, 15) is 14.7 Å². The maximum atomic E-state index is 14.0. The Labute approximate surface area is 304 Å². The van der Waals surface area contributed by atoms with Crippen molar-refractivity contribution < 1.29 is 19.1 Å². The van der Waals surface area contributed by atoms with E-state index in [0.29, 0.717) is 47.1 Å². The zero-order chi connectivity index (χ0) is 35.7. The van der Waals surface area contributed by atoms with Crippen molar-refractivity contribution in [1.82, 2.24) is 24.9 Å². The molecule has 11 heteroatoms. The molecule has 0 spiro atoms. The summed E-state index contributed by atoms with van der Waals surface area (Å²) in [6, 6.07) is 42.0. The summed E-state index contributed by atoms with van der Waals surface area (Å²) in [6.45, 7) is 0.516. The van der Waals surface area contributed by atoms with Gasteiger partial charge in [-0.25, -0.2) is 9.48 Å². The van der Waals surface area contributed by atoms with Gasteiger partial charge in [0.2, 0.25) is 18.2 Å². The first-order chi connectivity index (χ1) is 25.4. The van der Waals surface area contributed by atoms with Crippen LogP contribution in [-0.2, 0) is 10.3 Å². The average Bonchev–Trinajstić information content (AvgIpc) is 3.86. The standard InChI is InChI=1S/C41H33ClN6O4/c42-35-20-18-28(39-45-43-26-52-39)24-33(35)27-19-21-36-34(23-27)37(44-38(49)29-11-10-22-47(25-29)40(50)51)46-48(36)41(30-12-4-1-5-13-30,31-14-6-2-7-15-31)32-16-8-3-9-17-32/h1-9,12-21,23-24,26,29H,10-11,22,25H2,(H,50,51)(H,44,46,49)/t29-/m1/s1. The molecule has 1 atom stereocenters. The molecule has 1 fully saturated rings. The number of aromatic nitrogens is 4. The van der Waals surface area contributed by atoms with Gasteiger partial charge in [0.05, 0.1) is 11.4 Å². The van der Waals surface area contributed by atoms with Crippen molar-refractivity contribution in [2.45, 2.75) is 18.4 Å². The summed E-state index contributed by atoms with van der Waals surface area (Å²) < 4.78 is 7.45. The van der Waals surface area contributed by atoms with Gasteiger partial charge >= 0.3 is 6.09 Å². The Bertz CT molecular complexity index is 2270. The summed E-state index contributed by atoms with van der Waals surface area (Å²) in [5, 5.41) is 27.2. The van der Waals surface area contributed by atoms with E-state index in [0.717, 1.165) is 33.3 Å². The number of piperidine rings is 1. The van der Waals surface area contributed by atoms with Gasteiger partial charge in [0.25, 0.3) is 0 Å². The predicted molar refractivity (Wildman–Crippen MR) is 199 cm³/mol. The minimum atomic E-state index is -1.03. The van der Waals surface area contributed by atoms with Crippen LogP contribution in [0, 0.1) is 5.92 Å². The van der Waals surface area contributed by atoms with Crippen LogP contribution in [0.15, 0.2) is 138 Å². The molecule has 2 amide bonds. The van der Waals surface area contributed by atoms with Gasteiger partial charge in [-0.15, -0.1) is 10.2 Å². The molecule has 0 aliphatic carbocycles. The highest BCUT2D eigenvalue weighted by atomic mass is 35.5. The second-order valence-corrected chi connectivity index (χ2v) is 13.2. The number of nitrogens with one attached hydrogen (secondary N) is 1. The number of benzene rings is 5. The molecule has 0 bridgehead atoms. The Hall–Kier alpha value is -6.26. The third kappa shape index (κ3) is 5.86. The molecule has 0 unspecified atom stereocenters. The summed E-state index contributed by atoms with van der Waals surface area (Å²) >= 11 is 6.82. The van der Waals surface area contributed by atoms with Crippen molar-refractivity contribution in [3.8, 4) is 22.6 Å². The molecule has 52 heavy (non-hydrogen) atoms. The van der Waals surface area contributed by atoms with Gasteiger partial charge in [-0.1, -0.05) is 109 Å². The molecule has 10 nitrogen and oxygen atoms in total. The summed E-state index contributed by atoms with van der Waals surface area (Å²) in [5.74, 6) is -0.105. The third-order valence-electron chi connectivity index (χ3n) is 9.76. The molecule has 1 aliphatic heterocycles. The Morgan fingerprint density at radius 2 is 1.46 bits per heavy atom. The van der Waals surface area contributed by atoms with Crippen LogP contribution in [0.4, 0.5) is 10.6 Å². The molecular weight excluding hydrogens is 676 g/mol. The normalized spacial score (nSPS) is 14.7. The van der Waals surface area contributed by atoms with E-state index in [1.807, 2.05) is 89.6 Å². The van der Waals surface area contributed by atoms with E-state index in [-0.39, 0.29) is 12.5 Å². The number of likely N-dealkylation sites (tertiary alicyclic amines) is 1. The van der Waals surface area contributed by atoms with Crippen LogP contribution >= 0.6 is 11.6 Å². The molecule has 0 radical (unpaired) electrons. The van der Waals surface area contributed by atoms with Gasteiger partial charge in [0, 0.05) is 34.6 Å². The Morgan fingerprint density at radius 1 is 0.827 bits per heavy atom. The molecule has 1 aliphatic rings. The van der Waals surface area contributed by atoms with Gasteiger partial charge in [0.1, 0.15) is 5.54 Å². The lowest BCUT2D eigenvalue weighted by Crippen LogP contribution is -2.43. The molecular formula is C41H33ClN6O4. The maximum Gasteiger partial charge on any atom is 0.407 e. The van der Waals surface area contributed by atoms with Crippen LogP contribution in [0.25, 0.3) is 33.5 Å². The number of halogens is 1.